The topological polar surface area (TPSA) is 58.1 Å². The van der Waals surface area contributed by atoms with Crippen LogP contribution in [0.2, 0.25) is 0 Å². The van der Waals surface area contributed by atoms with Crippen LogP contribution in [0.1, 0.15) is 40.2 Å². The van der Waals surface area contributed by atoms with Crippen LogP contribution in [0.5, 0.6) is 0 Å². The second-order valence-corrected chi connectivity index (χ2v) is 6.09. The Kier molecular flexibility index (Phi) is 4.28. The lowest BCUT2D eigenvalue weighted by Crippen LogP contribution is -2.22. The van der Waals surface area contributed by atoms with Crippen LogP contribution >= 0.6 is 0 Å². The lowest BCUT2D eigenvalue weighted by Gasteiger charge is -2.18. The van der Waals surface area contributed by atoms with Crippen LogP contribution in [0.25, 0.3) is 0 Å². The van der Waals surface area contributed by atoms with Crippen LogP contribution < -0.4 is 10.2 Å². The third kappa shape index (κ3) is 3.33. The zero-order chi connectivity index (χ0) is 16.4. The van der Waals surface area contributed by atoms with Gasteiger partial charge in [-0.25, -0.2) is 9.97 Å². The van der Waals surface area contributed by atoms with Gasteiger partial charge < -0.3 is 10.2 Å². The molecule has 1 aliphatic rings. The number of hydrogen-bond acceptors (Lipinski definition) is 4. The van der Waals surface area contributed by atoms with Crippen molar-refractivity contribution in [3.8, 4) is 0 Å². The molecule has 1 fully saturated rings. The maximum absolute atomic E-state index is 12.4. The van der Waals surface area contributed by atoms with Crippen molar-refractivity contribution < 1.29 is 4.79 Å². The Hall–Kier alpha value is -2.43. The highest BCUT2D eigenvalue weighted by molar-refractivity contribution is 6.04. The molecular weight excluding hydrogens is 288 g/mol. The van der Waals surface area contributed by atoms with Crippen LogP contribution in [0, 0.1) is 20.8 Å². The van der Waals surface area contributed by atoms with E-state index in [1.54, 1.807) is 0 Å². The molecule has 2 heterocycles. The molecule has 5 nitrogen and oxygen atoms in total. The van der Waals surface area contributed by atoms with Crippen molar-refractivity contribution in [2.75, 3.05) is 23.3 Å². The summed E-state index contributed by atoms with van der Waals surface area (Å²) < 4.78 is 0. The number of aromatic nitrogens is 2. The maximum Gasteiger partial charge on any atom is 0.255 e. The Balaban J connectivity index is 1.84. The molecule has 2 aromatic rings. The van der Waals surface area contributed by atoms with Gasteiger partial charge >= 0.3 is 0 Å². The van der Waals surface area contributed by atoms with Crippen molar-refractivity contribution in [3.63, 3.8) is 0 Å². The first kappa shape index (κ1) is 15.5. The van der Waals surface area contributed by atoms with Gasteiger partial charge in [-0.05, 0) is 45.7 Å². The molecule has 1 N–H and O–H groups in total. The zero-order valence-electron chi connectivity index (χ0n) is 13.9. The summed E-state index contributed by atoms with van der Waals surface area (Å²) in [7, 11) is 0. The summed E-state index contributed by atoms with van der Waals surface area (Å²) in [5.41, 5.74) is 4.03. The second kappa shape index (κ2) is 6.36. The predicted molar refractivity (Wildman–Crippen MR) is 92.1 cm³/mol. The molecule has 0 bridgehead atoms. The Labute approximate surface area is 136 Å². The summed E-state index contributed by atoms with van der Waals surface area (Å²) >= 11 is 0. The van der Waals surface area contributed by atoms with E-state index in [-0.39, 0.29) is 5.91 Å². The molecule has 1 aromatic carbocycles. The fourth-order valence-electron chi connectivity index (χ4n) is 2.91. The van der Waals surface area contributed by atoms with Crippen molar-refractivity contribution in [2.24, 2.45) is 0 Å². The molecular formula is C18H22N4O. The lowest BCUT2D eigenvalue weighted by atomic mass is 10.1. The van der Waals surface area contributed by atoms with Crippen molar-refractivity contribution in [2.45, 2.75) is 33.6 Å². The van der Waals surface area contributed by atoms with E-state index >= 15 is 0 Å². The highest BCUT2D eigenvalue weighted by Crippen LogP contribution is 2.23. The largest absolute Gasteiger partial charge is 0.341 e. The Morgan fingerprint density at radius 1 is 1.09 bits per heavy atom. The summed E-state index contributed by atoms with van der Waals surface area (Å²) in [5, 5.41) is 2.96. The molecule has 1 aliphatic heterocycles. The van der Waals surface area contributed by atoms with Gasteiger partial charge in [0.15, 0.2) is 0 Å². The van der Waals surface area contributed by atoms with Gasteiger partial charge in [-0.3, -0.25) is 4.79 Å². The van der Waals surface area contributed by atoms with E-state index in [2.05, 4.69) is 20.2 Å². The van der Waals surface area contributed by atoms with Crippen molar-refractivity contribution in [1.82, 2.24) is 9.97 Å². The number of hydrogen-bond donors (Lipinski definition) is 1. The molecule has 23 heavy (non-hydrogen) atoms. The van der Waals surface area contributed by atoms with Crippen LogP contribution in [-0.4, -0.2) is 29.0 Å². The average molecular weight is 310 g/mol. The van der Waals surface area contributed by atoms with Gasteiger partial charge in [-0.1, -0.05) is 17.7 Å². The Bertz CT molecular complexity index is 713. The van der Waals surface area contributed by atoms with E-state index in [4.69, 9.17) is 0 Å². The number of benzene rings is 1. The summed E-state index contributed by atoms with van der Waals surface area (Å²) in [4.78, 5) is 23.8. The van der Waals surface area contributed by atoms with E-state index in [1.165, 1.54) is 12.8 Å². The van der Waals surface area contributed by atoms with Gasteiger partial charge in [0.25, 0.3) is 5.91 Å². The molecule has 0 radical (unpaired) electrons. The minimum atomic E-state index is -0.127. The third-order valence-corrected chi connectivity index (χ3v) is 4.17. The molecule has 0 unspecified atom stereocenters. The van der Waals surface area contributed by atoms with Crippen molar-refractivity contribution in [3.05, 3.63) is 46.8 Å². The molecule has 1 saturated heterocycles. The molecule has 0 atom stereocenters. The van der Waals surface area contributed by atoms with Crippen LogP contribution in [0.3, 0.4) is 0 Å². The number of carbonyl (C=O) groups excluding carboxylic acids is 1. The number of anilines is 2. The molecule has 0 spiro atoms. The summed E-state index contributed by atoms with van der Waals surface area (Å²) in [5.74, 6) is 0.642. The second-order valence-electron chi connectivity index (χ2n) is 6.09. The van der Waals surface area contributed by atoms with Gasteiger partial charge in [0.2, 0.25) is 5.95 Å². The zero-order valence-corrected chi connectivity index (χ0v) is 13.9. The molecule has 5 heteroatoms. The first-order valence-corrected chi connectivity index (χ1v) is 8.03. The highest BCUT2D eigenvalue weighted by Gasteiger charge is 2.18. The number of nitrogens with one attached hydrogen (secondary N) is 1. The minimum absolute atomic E-state index is 0.127. The van der Waals surface area contributed by atoms with Gasteiger partial charge in [-0.15, -0.1) is 0 Å². The monoisotopic (exact) mass is 310 g/mol. The van der Waals surface area contributed by atoms with Gasteiger partial charge in [-0.2, -0.15) is 0 Å². The minimum Gasteiger partial charge on any atom is -0.341 e. The number of amides is 1. The Morgan fingerprint density at radius 3 is 2.35 bits per heavy atom. The van der Waals surface area contributed by atoms with E-state index in [0.29, 0.717) is 11.3 Å². The first-order valence-electron chi connectivity index (χ1n) is 8.03. The average Bonchev–Trinajstić information content (AvgIpc) is 3.05. The van der Waals surface area contributed by atoms with Crippen LogP contribution in [-0.2, 0) is 0 Å². The van der Waals surface area contributed by atoms with E-state index in [9.17, 15) is 4.79 Å². The van der Waals surface area contributed by atoms with E-state index in [1.807, 2.05) is 45.0 Å². The number of carbonyl (C=O) groups is 1. The maximum atomic E-state index is 12.4. The number of rotatable bonds is 3. The van der Waals surface area contributed by atoms with E-state index < -0.39 is 0 Å². The molecule has 0 aliphatic carbocycles. The summed E-state index contributed by atoms with van der Waals surface area (Å²) in [6.45, 7) is 7.82. The summed E-state index contributed by atoms with van der Waals surface area (Å²) in [6, 6.07) is 7.55. The van der Waals surface area contributed by atoms with Gasteiger partial charge in [0, 0.05) is 18.7 Å². The highest BCUT2D eigenvalue weighted by atomic mass is 16.1. The molecule has 1 aromatic heterocycles. The Morgan fingerprint density at radius 2 is 1.74 bits per heavy atom. The fraction of sp³-hybridized carbons (Fsp3) is 0.389. The molecule has 1 amide bonds. The normalized spacial score (nSPS) is 14.1. The predicted octanol–water partition coefficient (Wildman–Crippen LogP) is 3.25. The first-order chi connectivity index (χ1) is 11.0. The standard InChI is InChI=1S/C18H22N4O/c1-12-7-6-8-15(11-12)17(23)21-16-13(2)19-18(20-14(16)3)22-9-4-5-10-22/h6-8,11H,4-5,9-10H2,1-3H3,(H,21,23). The van der Waals surface area contributed by atoms with Gasteiger partial charge in [0.05, 0.1) is 17.1 Å². The van der Waals surface area contributed by atoms with Gasteiger partial charge in [0.1, 0.15) is 0 Å². The van der Waals surface area contributed by atoms with E-state index in [0.717, 1.165) is 36.0 Å². The quantitative estimate of drug-likeness (QED) is 0.945. The van der Waals surface area contributed by atoms with Crippen molar-refractivity contribution >= 4 is 17.5 Å². The lowest BCUT2D eigenvalue weighted by molar-refractivity contribution is 0.102. The van der Waals surface area contributed by atoms with Crippen molar-refractivity contribution in [1.29, 1.82) is 0 Å². The third-order valence-electron chi connectivity index (χ3n) is 4.17. The van der Waals surface area contributed by atoms with Crippen LogP contribution in [0.4, 0.5) is 11.6 Å². The number of aryl methyl sites for hydroxylation is 3. The summed E-state index contributed by atoms with van der Waals surface area (Å²) in [6.07, 6.45) is 2.38. The molecule has 120 valence electrons. The SMILES string of the molecule is Cc1cccc(C(=O)Nc2c(C)nc(N3CCCC3)nc2C)c1. The van der Waals surface area contributed by atoms with Crippen LogP contribution in [0.15, 0.2) is 24.3 Å². The molecule has 0 saturated carbocycles. The fourth-order valence-corrected chi connectivity index (χ4v) is 2.91. The number of nitrogens with zero attached hydrogens (tertiary/aromatic N) is 3. The smallest absolute Gasteiger partial charge is 0.255 e. The molecule has 3 rings (SSSR count).